The fraction of sp³-hybridized carbons (Fsp3) is 0.286. The largest absolute Gasteiger partial charge is 0.369 e. The van der Waals surface area contributed by atoms with Crippen molar-refractivity contribution < 1.29 is 21.6 Å². The highest BCUT2D eigenvalue weighted by molar-refractivity contribution is 7.93. The number of nitrogens with one attached hydrogen (secondary N) is 3. The molecule has 0 radical (unpaired) electrons. The Hall–Kier alpha value is -4.86. The van der Waals surface area contributed by atoms with Gasteiger partial charge in [-0.05, 0) is 72.8 Å². The Bertz CT molecular complexity index is 2440. The van der Waals surface area contributed by atoms with Gasteiger partial charge in [0.25, 0.3) is 20.0 Å². The number of aryl methyl sites for hydroxylation is 1. The van der Waals surface area contributed by atoms with Crippen molar-refractivity contribution >= 4 is 93.2 Å². The molecule has 3 aromatic carbocycles. The van der Waals surface area contributed by atoms with E-state index in [9.17, 15) is 21.6 Å². The van der Waals surface area contributed by atoms with E-state index in [-0.39, 0.29) is 26.0 Å². The summed E-state index contributed by atoms with van der Waals surface area (Å²) in [6.07, 6.45) is 5.03. The summed E-state index contributed by atoms with van der Waals surface area (Å²) in [4.78, 5) is 27.1. The number of piperazine rings is 2. The normalized spacial score (nSPS) is 15.0. The van der Waals surface area contributed by atoms with E-state index in [2.05, 4.69) is 47.8 Å². The summed E-state index contributed by atoms with van der Waals surface area (Å²) in [6, 6.07) is 21.4. The Kier molecular flexibility index (Phi) is 12.3. The van der Waals surface area contributed by atoms with E-state index in [1.54, 1.807) is 36.4 Å². The first-order chi connectivity index (χ1) is 27.0. The summed E-state index contributed by atoms with van der Waals surface area (Å²) in [5.41, 5.74) is 3.02. The van der Waals surface area contributed by atoms with Gasteiger partial charge in [-0.15, -0.1) is 0 Å². The number of nitrogens with zero attached hydrogens (tertiary/aromatic N) is 8. The molecule has 1 amide bonds. The van der Waals surface area contributed by atoms with Crippen LogP contribution in [0.25, 0.3) is 10.9 Å². The van der Waals surface area contributed by atoms with Crippen LogP contribution in [0.2, 0.25) is 5.02 Å². The number of benzene rings is 3. The van der Waals surface area contributed by atoms with Crippen LogP contribution < -0.4 is 24.6 Å². The van der Waals surface area contributed by atoms with Crippen molar-refractivity contribution in [3.63, 3.8) is 0 Å². The van der Waals surface area contributed by atoms with Crippen molar-refractivity contribution in [3.05, 3.63) is 96.7 Å². The fourth-order valence-corrected chi connectivity index (χ4v) is 9.84. The second-order valence-electron chi connectivity index (χ2n) is 12.8. The molecule has 2 aliphatic heterocycles. The molecule has 56 heavy (non-hydrogen) atoms. The molecule has 5 heterocycles. The van der Waals surface area contributed by atoms with E-state index in [1.807, 2.05) is 47.5 Å². The molecule has 6 aromatic rings. The van der Waals surface area contributed by atoms with Crippen molar-refractivity contribution in [1.29, 1.82) is 0 Å². The average molecular weight is 856 g/mol. The summed E-state index contributed by atoms with van der Waals surface area (Å²) in [5.74, 6) is 0.129. The first kappa shape index (κ1) is 39.4. The molecule has 2 aliphatic rings. The monoisotopic (exact) mass is 855 g/mol. The fourth-order valence-electron chi connectivity index (χ4n) is 6.33. The van der Waals surface area contributed by atoms with Crippen LogP contribution in [0.3, 0.4) is 0 Å². The SMILES string of the molecule is O=C(CCn1ccc2cc(Cl)ccc21)N1CCN(c2ccc(S(=O)(=O)Nc3ncns3)cc2)CC1.O=S(=O)(Nc1ncns1)c1ccc(N2CCNCC2)cc1. The van der Waals surface area contributed by atoms with Crippen LogP contribution in [0.15, 0.2) is 101 Å². The van der Waals surface area contributed by atoms with Gasteiger partial charge < -0.3 is 24.6 Å². The number of halogens is 1. The lowest BCUT2D eigenvalue weighted by Crippen LogP contribution is -2.49. The number of hydrogen-bond acceptors (Lipinski definition) is 14. The lowest BCUT2D eigenvalue weighted by atomic mass is 10.2. The van der Waals surface area contributed by atoms with Crippen LogP contribution in [-0.2, 0) is 31.4 Å². The summed E-state index contributed by atoms with van der Waals surface area (Å²) >= 11 is 8.04. The van der Waals surface area contributed by atoms with Gasteiger partial charge in [0.15, 0.2) is 0 Å². The van der Waals surface area contributed by atoms with Crippen LogP contribution in [0.1, 0.15) is 6.42 Å². The van der Waals surface area contributed by atoms with Crippen molar-refractivity contribution in [1.82, 2.24) is 33.5 Å². The Balaban J connectivity index is 0.000000195. The van der Waals surface area contributed by atoms with Gasteiger partial charge in [0, 0.05) is 122 Å². The number of sulfonamides is 2. The maximum absolute atomic E-state index is 12.8. The van der Waals surface area contributed by atoms with Gasteiger partial charge in [-0.25, -0.2) is 26.8 Å². The second-order valence-corrected chi connectivity index (χ2v) is 18.1. The van der Waals surface area contributed by atoms with Crippen molar-refractivity contribution in [2.24, 2.45) is 0 Å². The molecule has 3 N–H and O–H groups in total. The first-order valence-electron chi connectivity index (χ1n) is 17.6. The van der Waals surface area contributed by atoms with Gasteiger partial charge in [0.05, 0.1) is 9.79 Å². The minimum atomic E-state index is -3.71. The van der Waals surface area contributed by atoms with Crippen LogP contribution in [0.5, 0.6) is 0 Å². The standard InChI is InChI=1S/C23H23ClN6O3S2.C12H15N5O2S2/c24-18-1-6-21-17(15-18)7-9-29(21)10-8-22(31)30-13-11-28(12-14-30)19-2-4-20(5-3-19)35(32,33)27-23-25-16-26-34-23;18-21(19,16-12-14-9-15-20-12)11-3-1-10(2-4-11)17-7-5-13-6-8-17/h1-7,9,15-16H,8,10-14H2,(H,25,26,27);1-4,9,13H,5-8H2,(H,14,15,16). The Labute approximate surface area is 337 Å². The third-order valence-electron chi connectivity index (χ3n) is 9.24. The van der Waals surface area contributed by atoms with Gasteiger partial charge in [0.1, 0.15) is 12.7 Å². The minimum Gasteiger partial charge on any atom is -0.369 e. The summed E-state index contributed by atoms with van der Waals surface area (Å²) in [6.45, 7) is 6.98. The quantitative estimate of drug-likeness (QED) is 0.167. The highest BCUT2D eigenvalue weighted by atomic mass is 35.5. The van der Waals surface area contributed by atoms with Gasteiger partial charge in [0.2, 0.25) is 16.2 Å². The number of carbonyl (C=O) groups is 1. The first-order valence-corrected chi connectivity index (χ1v) is 22.5. The third-order valence-corrected chi connectivity index (χ3v) is 13.6. The molecule has 8 rings (SSSR count). The highest BCUT2D eigenvalue weighted by Gasteiger charge is 2.23. The van der Waals surface area contributed by atoms with Gasteiger partial charge in [-0.1, -0.05) is 11.6 Å². The maximum Gasteiger partial charge on any atom is 0.263 e. The molecule has 2 saturated heterocycles. The number of amides is 1. The van der Waals surface area contributed by atoms with Crippen LogP contribution in [-0.4, -0.2) is 103 Å². The molecule has 0 unspecified atom stereocenters. The molecule has 0 spiro atoms. The summed E-state index contributed by atoms with van der Waals surface area (Å²) < 4.78 is 63.9. The van der Waals surface area contributed by atoms with Crippen molar-refractivity contribution in [3.8, 4) is 0 Å². The van der Waals surface area contributed by atoms with Crippen LogP contribution >= 0.6 is 34.7 Å². The average Bonchev–Trinajstić information content (AvgIpc) is 4.01. The number of rotatable bonds is 11. The molecule has 0 saturated carbocycles. The maximum atomic E-state index is 12.8. The third kappa shape index (κ3) is 9.74. The van der Waals surface area contributed by atoms with Crippen LogP contribution in [0, 0.1) is 0 Å². The molecule has 294 valence electrons. The van der Waals surface area contributed by atoms with E-state index in [0.717, 1.165) is 71.5 Å². The molecule has 0 atom stereocenters. The summed E-state index contributed by atoms with van der Waals surface area (Å²) in [7, 11) is -7.32. The number of fused-ring (bicyclic) bond motifs is 1. The number of aromatic nitrogens is 5. The Morgan fingerprint density at radius 2 is 1.25 bits per heavy atom. The van der Waals surface area contributed by atoms with E-state index >= 15 is 0 Å². The predicted octanol–water partition coefficient (Wildman–Crippen LogP) is 4.43. The van der Waals surface area contributed by atoms with Crippen molar-refractivity contribution in [2.75, 3.05) is 71.6 Å². The zero-order valence-corrected chi connectivity index (χ0v) is 33.9. The molecule has 21 heteroatoms. The van der Waals surface area contributed by atoms with Crippen LogP contribution in [0.4, 0.5) is 21.6 Å². The lowest BCUT2D eigenvalue weighted by Gasteiger charge is -2.36. The molecule has 16 nitrogen and oxygen atoms in total. The van der Waals surface area contributed by atoms with E-state index in [0.29, 0.717) is 44.2 Å². The smallest absolute Gasteiger partial charge is 0.263 e. The van der Waals surface area contributed by atoms with Gasteiger partial charge in [-0.3, -0.25) is 14.2 Å². The van der Waals surface area contributed by atoms with Crippen molar-refractivity contribution in [2.45, 2.75) is 22.8 Å². The molecule has 0 bridgehead atoms. The molecule has 3 aromatic heterocycles. The zero-order valence-electron chi connectivity index (χ0n) is 29.9. The van der Waals surface area contributed by atoms with E-state index in [1.165, 1.54) is 12.7 Å². The number of anilines is 4. The second kappa shape index (κ2) is 17.5. The number of carbonyl (C=O) groups excluding carboxylic acids is 1. The van der Waals surface area contributed by atoms with Gasteiger partial charge in [-0.2, -0.15) is 8.75 Å². The Morgan fingerprint density at radius 3 is 1.77 bits per heavy atom. The lowest BCUT2D eigenvalue weighted by molar-refractivity contribution is -0.131. The number of hydrogen-bond donors (Lipinski definition) is 3. The molecular formula is C35H38ClN11O5S4. The summed E-state index contributed by atoms with van der Waals surface area (Å²) in [5, 5.41) is 5.54. The topological polar surface area (TPSA) is 188 Å². The predicted molar refractivity (Wildman–Crippen MR) is 220 cm³/mol. The molecule has 0 aliphatic carbocycles. The van der Waals surface area contributed by atoms with E-state index < -0.39 is 20.0 Å². The van der Waals surface area contributed by atoms with Gasteiger partial charge >= 0.3 is 0 Å². The molecular weight excluding hydrogens is 818 g/mol. The Morgan fingerprint density at radius 1 is 0.714 bits per heavy atom. The van der Waals surface area contributed by atoms with E-state index in [4.69, 9.17) is 11.6 Å². The molecule has 2 fully saturated rings. The minimum absolute atomic E-state index is 0.129. The highest BCUT2D eigenvalue weighted by Crippen LogP contribution is 2.24. The zero-order chi connectivity index (χ0) is 39.1.